The number of carbonyl (C=O) groups is 2. The molecule has 6 nitrogen and oxygen atoms in total. The molecule has 1 aliphatic rings. The van der Waals surface area contributed by atoms with Crippen LogP contribution in [0.2, 0.25) is 0 Å². The van der Waals surface area contributed by atoms with E-state index < -0.39 is 0 Å². The highest BCUT2D eigenvalue weighted by Crippen LogP contribution is 2.29. The van der Waals surface area contributed by atoms with Crippen LogP contribution in [0.25, 0.3) is 11.0 Å². The van der Waals surface area contributed by atoms with Gasteiger partial charge < -0.3 is 15.2 Å². The summed E-state index contributed by atoms with van der Waals surface area (Å²) in [7, 11) is 1.97. The summed E-state index contributed by atoms with van der Waals surface area (Å²) in [6.45, 7) is 4.13. The van der Waals surface area contributed by atoms with Crippen molar-refractivity contribution >= 4 is 22.8 Å². The van der Waals surface area contributed by atoms with Gasteiger partial charge in [0.1, 0.15) is 5.82 Å². The van der Waals surface area contributed by atoms with Crippen molar-refractivity contribution in [1.29, 1.82) is 0 Å². The van der Waals surface area contributed by atoms with E-state index in [2.05, 4.69) is 24.5 Å². The molecule has 0 spiro atoms. The van der Waals surface area contributed by atoms with E-state index in [1.54, 1.807) is 6.07 Å². The van der Waals surface area contributed by atoms with Crippen LogP contribution >= 0.6 is 0 Å². The van der Waals surface area contributed by atoms with Gasteiger partial charge in [-0.1, -0.05) is 44.2 Å². The third kappa shape index (κ3) is 3.15. The lowest BCUT2D eigenvalue weighted by atomic mass is 10.0. The summed E-state index contributed by atoms with van der Waals surface area (Å²) in [6.07, 6.45) is 0.204. The van der Waals surface area contributed by atoms with Crippen LogP contribution in [0.4, 0.5) is 0 Å². The number of aromatic nitrogens is 2. The Labute approximate surface area is 164 Å². The van der Waals surface area contributed by atoms with E-state index >= 15 is 0 Å². The molecule has 0 saturated heterocycles. The Balaban J connectivity index is 1.55. The highest BCUT2D eigenvalue weighted by atomic mass is 16.2. The predicted octanol–water partition coefficient (Wildman–Crippen LogP) is 3.26. The predicted molar refractivity (Wildman–Crippen MR) is 108 cm³/mol. The zero-order valence-electron chi connectivity index (χ0n) is 16.3. The van der Waals surface area contributed by atoms with Crippen molar-refractivity contribution < 1.29 is 9.59 Å². The van der Waals surface area contributed by atoms with E-state index in [1.165, 1.54) is 0 Å². The number of fused-ring (bicyclic) bond motifs is 2. The van der Waals surface area contributed by atoms with Gasteiger partial charge in [-0.3, -0.25) is 9.59 Å². The molecule has 0 unspecified atom stereocenters. The second kappa shape index (κ2) is 7.11. The largest absolute Gasteiger partial charge is 0.346 e. The number of nitrogens with one attached hydrogen (secondary N) is 2. The second-order valence-corrected chi connectivity index (χ2v) is 7.62. The number of rotatable bonds is 5. The van der Waals surface area contributed by atoms with Crippen molar-refractivity contribution in [1.82, 2.24) is 20.2 Å². The highest BCUT2D eigenvalue weighted by Gasteiger charge is 2.31. The summed E-state index contributed by atoms with van der Waals surface area (Å²) in [4.78, 5) is 29.7. The fourth-order valence-corrected chi connectivity index (χ4v) is 3.87. The lowest BCUT2D eigenvalue weighted by molar-refractivity contribution is -0.122. The number of carbonyl (C=O) groups excluding carboxylic acids is 2. The van der Waals surface area contributed by atoms with Crippen molar-refractivity contribution in [3.05, 3.63) is 65.5 Å². The number of nitrogens with zero attached hydrogens (tertiary/aromatic N) is 2. The summed E-state index contributed by atoms with van der Waals surface area (Å²) >= 11 is 0. The van der Waals surface area contributed by atoms with Crippen molar-refractivity contribution in [3.8, 4) is 0 Å². The van der Waals surface area contributed by atoms with Crippen LogP contribution in [0.3, 0.4) is 0 Å². The molecule has 1 aromatic heterocycles. The van der Waals surface area contributed by atoms with Gasteiger partial charge in [0, 0.05) is 12.6 Å². The zero-order valence-corrected chi connectivity index (χ0v) is 16.3. The Kier molecular flexibility index (Phi) is 4.63. The minimum absolute atomic E-state index is 0.104. The Hall–Kier alpha value is -3.15. The van der Waals surface area contributed by atoms with Crippen molar-refractivity contribution in [2.75, 3.05) is 0 Å². The number of aryl methyl sites for hydroxylation is 1. The first-order valence-corrected chi connectivity index (χ1v) is 9.56. The van der Waals surface area contributed by atoms with Gasteiger partial charge in [-0.25, -0.2) is 4.98 Å². The van der Waals surface area contributed by atoms with Gasteiger partial charge in [0.05, 0.1) is 29.5 Å². The SMILES string of the molecule is CC(C)[C@H](NC(=O)C[C@@H]1NC(=O)c2ccccc21)c1nc2ccccc2n1C. The average molecular weight is 376 g/mol. The molecule has 0 aliphatic carbocycles. The van der Waals surface area contributed by atoms with Crippen molar-refractivity contribution in [3.63, 3.8) is 0 Å². The highest BCUT2D eigenvalue weighted by molar-refractivity contribution is 5.99. The molecule has 0 bridgehead atoms. The number of para-hydroxylation sites is 2. The number of hydrogen-bond donors (Lipinski definition) is 2. The van der Waals surface area contributed by atoms with Crippen LogP contribution in [0, 0.1) is 5.92 Å². The quantitative estimate of drug-likeness (QED) is 0.718. The summed E-state index contributed by atoms with van der Waals surface area (Å²) < 4.78 is 2.03. The molecule has 2 aromatic carbocycles. The summed E-state index contributed by atoms with van der Waals surface area (Å²) in [5, 5.41) is 6.04. The van der Waals surface area contributed by atoms with E-state index in [4.69, 9.17) is 4.98 Å². The molecular formula is C22H24N4O2. The first kappa shape index (κ1) is 18.2. The van der Waals surface area contributed by atoms with Gasteiger partial charge >= 0.3 is 0 Å². The molecular weight excluding hydrogens is 352 g/mol. The molecule has 2 atom stereocenters. The molecule has 0 radical (unpaired) electrons. The van der Waals surface area contributed by atoms with Crippen molar-refractivity contribution in [2.24, 2.45) is 13.0 Å². The molecule has 2 amide bonds. The summed E-state index contributed by atoms with van der Waals surface area (Å²) in [5.41, 5.74) is 3.48. The molecule has 144 valence electrons. The van der Waals surface area contributed by atoms with Gasteiger partial charge in [-0.15, -0.1) is 0 Å². The lowest BCUT2D eigenvalue weighted by Crippen LogP contribution is -2.35. The third-order valence-corrected chi connectivity index (χ3v) is 5.36. The minimum atomic E-state index is -0.294. The smallest absolute Gasteiger partial charge is 0.252 e. The molecule has 6 heteroatoms. The average Bonchev–Trinajstić information content (AvgIpc) is 3.18. The first-order valence-electron chi connectivity index (χ1n) is 9.56. The number of hydrogen-bond acceptors (Lipinski definition) is 3. The normalized spacial score (nSPS) is 16.9. The van der Waals surface area contributed by atoms with Crippen LogP contribution in [-0.2, 0) is 11.8 Å². The standard InChI is InChI=1S/C22H24N4O2/c1-13(2)20(21-23-16-10-6-7-11-18(16)26(21)3)25-19(27)12-17-14-8-4-5-9-15(14)22(28)24-17/h4-11,13,17,20H,12H2,1-3H3,(H,24,28)(H,25,27)/t17-,20-/m0/s1. The number of amides is 2. The maximum Gasteiger partial charge on any atom is 0.252 e. The van der Waals surface area contributed by atoms with Crippen LogP contribution in [0.5, 0.6) is 0 Å². The van der Waals surface area contributed by atoms with E-state index in [0.29, 0.717) is 5.56 Å². The lowest BCUT2D eigenvalue weighted by Gasteiger charge is -2.23. The van der Waals surface area contributed by atoms with Crippen LogP contribution in [0.1, 0.15) is 54.1 Å². The monoisotopic (exact) mass is 376 g/mol. The molecule has 1 aliphatic heterocycles. The summed E-state index contributed by atoms with van der Waals surface area (Å²) in [6, 6.07) is 14.9. The molecule has 0 saturated carbocycles. The van der Waals surface area contributed by atoms with Crippen LogP contribution in [0.15, 0.2) is 48.5 Å². The molecule has 0 fully saturated rings. The topological polar surface area (TPSA) is 76.0 Å². The minimum Gasteiger partial charge on any atom is -0.346 e. The Morgan fingerprint density at radius 3 is 2.64 bits per heavy atom. The van der Waals surface area contributed by atoms with E-state index in [-0.39, 0.29) is 36.2 Å². The number of benzene rings is 2. The van der Waals surface area contributed by atoms with Gasteiger partial charge in [-0.05, 0) is 29.7 Å². The van der Waals surface area contributed by atoms with Crippen LogP contribution in [-0.4, -0.2) is 21.4 Å². The molecule has 4 rings (SSSR count). The number of imidazole rings is 1. The van der Waals surface area contributed by atoms with E-state index in [1.807, 2.05) is 54.1 Å². The maximum absolute atomic E-state index is 12.8. The van der Waals surface area contributed by atoms with Gasteiger partial charge in [-0.2, -0.15) is 0 Å². The second-order valence-electron chi connectivity index (χ2n) is 7.62. The van der Waals surface area contributed by atoms with E-state index in [0.717, 1.165) is 22.4 Å². The third-order valence-electron chi connectivity index (χ3n) is 5.36. The van der Waals surface area contributed by atoms with Gasteiger partial charge in [0.2, 0.25) is 5.91 Å². The van der Waals surface area contributed by atoms with Gasteiger partial charge in [0.15, 0.2) is 0 Å². The fourth-order valence-electron chi connectivity index (χ4n) is 3.87. The fraction of sp³-hybridized carbons (Fsp3) is 0.318. The Bertz CT molecular complexity index is 1050. The zero-order chi connectivity index (χ0) is 19.8. The van der Waals surface area contributed by atoms with E-state index in [9.17, 15) is 9.59 Å². The Morgan fingerprint density at radius 2 is 1.89 bits per heavy atom. The molecule has 2 N–H and O–H groups in total. The van der Waals surface area contributed by atoms with Gasteiger partial charge in [0.25, 0.3) is 5.91 Å². The first-order chi connectivity index (χ1) is 13.5. The molecule has 28 heavy (non-hydrogen) atoms. The Morgan fingerprint density at radius 1 is 1.18 bits per heavy atom. The van der Waals surface area contributed by atoms with Crippen LogP contribution < -0.4 is 10.6 Å². The maximum atomic E-state index is 12.8. The van der Waals surface area contributed by atoms with Crippen molar-refractivity contribution in [2.45, 2.75) is 32.4 Å². The molecule has 3 aromatic rings. The molecule has 2 heterocycles. The summed E-state index contributed by atoms with van der Waals surface area (Å²) in [5.74, 6) is 0.780.